The topological polar surface area (TPSA) is 85.6 Å². The van der Waals surface area contributed by atoms with Crippen LogP contribution in [0.15, 0.2) is 24.0 Å². The lowest BCUT2D eigenvalue weighted by Crippen LogP contribution is -2.13. The smallest absolute Gasteiger partial charge is 0.319 e. The number of thiazole rings is 1. The summed E-state index contributed by atoms with van der Waals surface area (Å²) >= 11 is 1.21. The zero-order valence-corrected chi connectivity index (χ0v) is 14.8. The average molecular weight is 394 g/mol. The second-order valence-electron chi connectivity index (χ2n) is 6.13. The van der Waals surface area contributed by atoms with Crippen molar-refractivity contribution in [2.45, 2.75) is 31.9 Å². The van der Waals surface area contributed by atoms with Crippen LogP contribution in [0.2, 0.25) is 0 Å². The van der Waals surface area contributed by atoms with Crippen LogP contribution >= 0.6 is 11.3 Å². The number of anilines is 1. The molecule has 0 spiro atoms. The van der Waals surface area contributed by atoms with E-state index in [1.54, 1.807) is 12.4 Å². The summed E-state index contributed by atoms with van der Waals surface area (Å²) in [7, 11) is 0. The first-order valence-electron chi connectivity index (χ1n) is 8.04. The lowest BCUT2D eigenvalue weighted by Gasteiger charge is -2.07. The molecule has 27 heavy (non-hydrogen) atoms. The van der Waals surface area contributed by atoms with Crippen LogP contribution in [0.3, 0.4) is 0 Å². The molecular formula is C16H13F3N6OS. The first kappa shape index (κ1) is 17.6. The van der Waals surface area contributed by atoms with Gasteiger partial charge in [-0.1, -0.05) is 0 Å². The summed E-state index contributed by atoms with van der Waals surface area (Å²) in [6.45, 7) is 1.72. The number of nitrogens with one attached hydrogen (secondary N) is 1. The number of carbonyl (C=O) groups is 1. The monoisotopic (exact) mass is 394 g/mol. The van der Waals surface area contributed by atoms with E-state index in [-0.39, 0.29) is 17.8 Å². The molecule has 0 atom stereocenters. The van der Waals surface area contributed by atoms with Gasteiger partial charge in [0.2, 0.25) is 0 Å². The van der Waals surface area contributed by atoms with Gasteiger partial charge in [-0.3, -0.25) is 4.79 Å². The Morgan fingerprint density at radius 3 is 2.52 bits per heavy atom. The molecule has 3 aromatic heterocycles. The summed E-state index contributed by atoms with van der Waals surface area (Å²) in [5.41, 5.74) is 1.98. The van der Waals surface area contributed by atoms with Crippen molar-refractivity contribution >= 4 is 22.9 Å². The Labute approximate surface area is 155 Å². The summed E-state index contributed by atoms with van der Waals surface area (Å²) in [6, 6.07) is 1.04. The van der Waals surface area contributed by atoms with E-state index in [0.29, 0.717) is 22.0 Å². The summed E-state index contributed by atoms with van der Waals surface area (Å²) in [5.74, 6) is -0.284. The fraction of sp³-hybridized carbons (Fsp3) is 0.312. The Balaban J connectivity index is 1.58. The molecule has 1 fully saturated rings. The molecule has 11 heteroatoms. The highest BCUT2D eigenvalue weighted by atomic mass is 32.1. The predicted octanol–water partition coefficient (Wildman–Crippen LogP) is 3.58. The predicted molar refractivity (Wildman–Crippen MR) is 90.9 cm³/mol. The van der Waals surface area contributed by atoms with Crippen LogP contribution in [0, 0.1) is 6.92 Å². The van der Waals surface area contributed by atoms with Gasteiger partial charge in [-0.2, -0.15) is 18.3 Å². The molecule has 1 aliphatic carbocycles. The minimum absolute atomic E-state index is 0.0272. The van der Waals surface area contributed by atoms with Crippen LogP contribution in [0.25, 0.3) is 5.95 Å². The first-order valence-corrected chi connectivity index (χ1v) is 8.92. The van der Waals surface area contributed by atoms with E-state index < -0.39 is 11.9 Å². The van der Waals surface area contributed by atoms with E-state index in [4.69, 9.17) is 0 Å². The number of rotatable bonds is 4. The van der Waals surface area contributed by atoms with Gasteiger partial charge in [-0.25, -0.2) is 19.6 Å². The Morgan fingerprint density at radius 2 is 1.96 bits per heavy atom. The molecule has 4 rings (SSSR count). The highest BCUT2D eigenvalue weighted by Gasteiger charge is 2.38. The van der Waals surface area contributed by atoms with E-state index in [1.165, 1.54) is 23.7 Å². The molecule has 3 heterocycles. The summed E-state index contributed by atoms with van der Waals surface area (Å²) in [6.07, 6.45) is -0.240. The first-order chi connectivity index (χ1) is 12.8. The van der Waals surface area contributed by atoms with E-state index in [1.807, 2.05) is 0 Å². The number of hydrogen-bond acceptors (Lipinski definition) is 6. The molecule has 1 aliphatic rings. The van der Waals surface area contributed by atoms with E-state index in [9.17, 15) is 18.0 Å². The zero-order chi connectivity index (χ0) is 19.2. The Morgan fingerprint density at radius 1 is 1.26 bits per heavy atom. The van der Waals surface area contributed by atoms with Gasteiger partial charge in [-0.15, -0.1) is 11.3 Å². The maximum absolute atomic E-state index is 13.0. The van der Waals surface area contributed by atoms with Crippen molar-refractivity contribution < 1.29 is 18.0 Å². The van der Waals surface area contributed by atoms with E-state index >= 15 is 0 Å². The number of carbonyl (C=O) groups excluding carboxylic acids is 1. The third kappa shape index (κ3) is 3.54. The third-order valence-corrected chi connectivity index (χ3v) is 4.99. The second-order valence-corrected chi connectivity index (χ2v) is 6.99. The van der Waals surface area contributed by atoms with Crippen molar-refractivity contribution in [2.24, 2.45) is 0 Å². The zero-order valence-electron chi connectivity index (χ0n) is 14.0. The fourth-order valence-corrected chi connectivity index (χ4v) is 3.26. The highest BCUT2D eigenvalue weighted by Crippen LogP contribution is 2.42. The maximum Gasteiger partial charge on any atom is 0.435 e. The molecule has 140 valence electrons. The normalized spacial score (nSPS) is 14.4. The lowest BCUT2D eigenvalue weighted by atomic mass is 10.2. The molecule has 1 N–H and O–H groups in total. The largest absolute Gasteiger partial charge is 0.435 e. The van der Waals surface area contributed by atoms with Gasteiger partial charge in [0.05, 0.1) is 35.0 Å². The van der Waals surface area contributed by atoms with E-state index in [2.05, 4.69) is 25.4 Å². The Kier molecular flexibility index (Phi) is 4.17. The van der Waals surface area contributed by atoms with Crippen LogP contribution < -0.4 is 5.32 Å². The van der Waals surface area contributed by atoms with Crippen molar-refractivity contribution in [1.82, 2.24) is 24.7 Å². The number of nitrogens with zero attached hydrogens (tertiary/aromatic N) is 5. The fourth-order valence-electron chi connectivity index (χ4n) is 2.57. The number of aryl methyl sites for hydroxylation is 1. The van der Waals surface area contributed by atoms with Crippen LogP contribution in [0.5, 0.6) is 0 Å². The molecule has 3 aromatic rings. The third-order valence-electron chi connectivity index (χ3n) is 4.06. The molecule has 0 bridgehead atoms. The molecule has 1 amide bonds. The molecule has 0 unspecified atom stereocenters. The van der Waals surface area contributed by atoms with E-state index in [0.717, 1.165) is 23.6 Å². The Bertz CT molecular complexity index is 991. The SMILES string of the molecule is Cc1ncsc1C(=O)Nc1cnc(-n2nc(C(F)(F)F)cc2C2CC2)nc1. The van der Waals surface area contributed by atoms with Gasteiger partial charge in [0.15, 0.2) is 5.69 Å². The Hall–Kier alpha value is -2.82. The molecule has 1 saturated carbocycles. The molecule has 0 aliphatic heterocycles. The maximum atomic E-state index is 13.0. The number of halogens is 3. The van der Waals surface area contributed by atoms with Crippen molar-refractivity contribution in [1.29, 1.82) is 0 Å². The van der Waals surface area contributed by atoms with Gasteiger partial charge in [-0.05, 0) is 25.8 Å². The van der Waals surface area contributed by atoms with Gasteiger partial charge < -0.3 is 5.32 Å². The molecule has 7 nitrogen and oxygen atoms in total. The van der Waals surface area contributed by atoms with Crippen molar-refractivity contribution in [3.8, 4) is 5.95 Å². The lowest BCUT2D eigenvalue weighted by molar-refractivity contribution is -0.141. The van der Waals surface area contributed by atoms with Gasteiger partial charge >= 0.3 is 6.18 Å². The van der Waals surface area contributed by atoms with Gasteiger partial charge in [0, 0.05) is 5.92 Å². The van der Waals surface area contributed by atoms with Crippen LogP contribution in [-0.4, -0.2) is 30.6 Å². The average Bonchev–Trinajstić information content (AvgIpc) is 3.20. The van der Waals surface area contributed by atoms with Crippen molar-refractivity contribution in [3.63, 3.8) is 0 Å². The minimum atomic E-state index is -4.53. The van der Waals surface area contributed by atoms with Crippen LogP contribution in [0.4, 0.5) is 18.9 Å². The quantitative estimate of drug-likeness (QED) is 0.731. The molecular weight excluding hydrogens is 381 g/mol. The highest BCUT2D eigenvalue weighted by molar-refractivity contribution is 7.12. The van der Waals surface area contributed by atoms with Crippen LogP contribution in [-0.2, 0) is 6.18 Å². The molecule has 0 saturated heterocycles. The van der Waals surface area contributed by atoms with Crippen LogP contribution in [0.1, 0.15) is 45.5 Å². The number of alkyl halides is 3. The minimum Gasteiger partial charge on any atom is -0.319 e. The van der Waals surface area contributed by atoms with Gasteiger partial charge in [0.25, 0.3) is 11.9 Å². The standard InChI is InChI=1S/C16H13F3N6OS/c1-8-13(27-7-22-8)14(26)23-10-5-20-15(21-6-10)25-11(9-2-3-9)4-12(24-25)16(17,18)19/h4-7,9H,2-3H2,1H3,(H,23,26). The number of amides is 1. The van der Waals surface area contributed by atoms with Gasteiger partial charge in [0.1, 0.15) is 4.88 Å². The summed E-state index contributed by atoms with van der Waals surface area (Å²) in [4.78, 5) is 24.8. The van der Waals surface area contributed by atoms with Crippen molar-refractivity contribution in [3.05, 3.63) is 45.9 Å². The number of aromatic nitrogens is 5. The molecule has 0 aromatic carbocycles. The second kappa shape index (κ2) is 6.41. The van der Waals surface area contributed by atoms with Crippen molar-refractivity contribution in [2.75, 3.05) is 5.32 Å². The summed E-state index contributed by atoms with van der Waals surface area (Å²) < 4.78 is 40.1. The molecule has 0 radical (unpaired) electrons. The number of hydrogen-bond donors (Lipinski definition) is 1. The summed E-state index contributed by atoms with van der Waals surface area (Å²) in [5, 5.41) is 6.27.